The Morgan fingerprint density at radius 1 is 0.939 bits per heavy atom. The van der Waals surface area contributed by atoms with Gasteiger partial charge in [0.15, 0.2) is 0 Å². The lowest BCUT2D eigenvalue weighted by Crippen LogP contribution is -2.38. The monoisotopic (exact) mass is 466 g/mol. The summed E-state index contributed by atoms with van der Waals surface area (Å²) in [6.45, 7) is 9.07. The van der Waals surface area contributed by atoms with Gasteiger partial charge in [0.25, 0.3) is 10.0 Å². The average Bonchev–Trinajstić information content (AvgIpc) is 2.75. The van der Waals surface area contributed by atoms with E-state index in [4.69, 9.17) is 4.74 Å². The van der Waals surface area contributed by atoms with Crippen LogP contribution in [0.5, 0.6) is 5.75 Å². The van der Waals surface area contributed by atoms with Gasteiger partial charge in [-0.1, -0.05) is 42.0 Å². The predicted octanol–water partition coefficient (Wildman–Crippen LogP) is 5.23. The number of nitrogens with zero attached hydrogens (tertiary/aromatic N) is 1. The molecular formula is C26H30N2O4S. The average molecular weight is 467 g/mol. The zero-order valence-electron chi connectivity index (χ0n) is 19.6. The van der Waals surface area contributed by atoms with Crippen molar-refractivity contribution in [2.45, 2.75) is 45.6 Å². The summed E-state index contributed by atoms with van der Waals surface area (Å²) in [6.07, 6.45) is -0.0728. The Balaban J connectivity index is 1.98. The Morgan fingerprint density at radius 3 is 2.27 bits per heavy atom. The van der Waals surface area contributed by atoms with Gasteiger partial charge in [0.2, 0.25) is 5.91 Å². The number of hydrogen-bond donors (Lipinski definition) is 1. The van der Waals surface area contributed by atoms with Gasteiger partial charge < -0.3 is 10.1 Å². The van der Waals surface area contributed by atoms with E-state index in [1.165, 1.54) is 4.31 Å². The molecule has 0 bridgehead atoms. The number of para-hydroxylation sites is 2. The van der Waals surface area contributed by atoms with Crippen molar-refractivity contribution in [3.8, 4) is 5.75 Å². The van der Waals surface area contributed by atoms with Crippen molar-refractivity contribution in [1.29, 1.82) is 0 Å². The van der Waals surface area contributed by atoms with Crippen molar-refractivity contribution in [3.05, 3.63) is 83.4 Å². The van der Waals surface area contributed by atoms with E-state index in [2.05, 4.69) is 5.32 Å². The SMILES string of the molecule is Cc1ccc(S(=O)(=O)N(CC(=O)Nc2ccccc2OC(C)C)c2cccc(C)c2C)cc1. The zero-order valence-corrected chi connectivity index (χ0v) is 20.4. The summed E-state index contributed by atoms with van der Waals surface area (Å²) in [5.74, 6) is 0.0620. The van der Waals surface area contributed by atoms with Crippen LogP contribution in [0.3, 0.4) is 0 Å². The number of hydrogen-bond acceptors (Lipinski definition) is 4. The van der Waals surface area contributed by atoms with Gasteiger partial charge in [-0.2, -0.15) is 0 Å². The fraction of sp³-hybridized carbons (Fsp3) is 0.269. The third-order valence-corrected chi connectivity index (χ3v) is 7.04. The van der Waals surface area contributed by atoms with E-state index in [1.54, 1.807) is 54.6 Å². The second kappa shape index (κ2) is 10.1. The van der Waals surface area contributed by atoms with Crippen LogP contribution >= 0.6 is 0 Å². The van der Waals surface area contributed by atoms with Crippen molar-refractivity contribution >= 4 is 27.3 Å². The number of anilines is 2. The highest BCUT2D eigenvalue weighted by atomic mass is 32.2. The lowest BCUT2D eigenvalue weighted by molar-refractivity contribution is -0.114. The van der Waals surface area contributed by atoms with E-state index in [1.807, 2.05) is 46.8 Å². The topological polar surface area (TPSA) is 75.7 Å². The Hall–Kier alpha value is -3.32. The second-order valence-electron chi connectivity index (χ2n) is 8.25. The molecule has 0 aromatic heterocycles. The molecule has 33 heavy (non-hydrogen) atoms. The first-order chi connectivity index (χ1) is 15.6. The third kappa shape index (κ3) is 5.73. The van der Waals surface area contributed by atoms with Crippen LogP contribution in [0, 0.1) is 20.8 Å². The fourth-order valence-corrected chi connectivity index (χ4v) is 4.87. The summed E-state index contributed by atoms with van der Waals surface area (Å²) in [5, 5.41) is 2.81. The Labute approximate surface area is 196 Å². The highest BCUT2D eigenvalue weighted by Gasteiger charge is 2.29. The molecule has 0 aliphatic carbocycles. The number of benzene rings is 3. The number of nitrogens with one attached hydrogen (secondary N) is 1. The van der Waals surface area contributed by atoms with Crippen LogP contribution in [0.2, 0.25) is 0 Å². The Morgan fingerprint density at radius 2 is 1.61 bits per heavy atom. The van der Waals surface area contributed by atoms with Crippen molar-refractivity contribution in [3.63, 3.8) is 0 Å². The molecule has 7 heteroatoms. The van der Waals surface area contributed by atoms with Crippen molar-refractivity contribution in [2.75, 3.05) is 16.2 Å². The van der Waals surface area contributed by atoms with Crippen LogP contribution in [0.1, 0.15) is 30.5 Å². The largest absolute Gasteiger partial charge is 0.489 e. The Kier molecular flexibility index (Phi) is 7.43. The molecular weight excluding hydrogens is 436 g/mol. The molecule has 1 N–H and O–H groups in total. The summed E-state index contributed by atoms with van der Waals surface area (Å²) in [6, 6.07) is 19.1. The van der Waals surface area contributed by atoms with Gasteiger partial charge in [-0.25, -0.2) is 8.42 Å². The van der Waals surface area contributed by atoms with E-state index >= 15 is 0 Å². The maximum atomic E-state index is 13.6. The van der Waals surface area contributed by atoms with Gasteiger partial charge in [-0.3, -0.25) is 9.10 Å². The predicted molar refractivity (Wildman–Crippen MR) is 132 cm³/mol. The quantitative estimate of drug-likeness (QED) is 0.493. The minimum Gasteiger partial charge on any atom is -0.489 e. The number of aryl methyl sites for hydroxylation is 2. The number of carbonyl (C=O) groups is 1. The summed E-state index contributed by atoms with van der Waals surface area (Å²) in [7, 11) is -3.99. The lowest BCUT2D eigenvalue weighted by Gasteiger charge is -2.26. The van der Waals surface area contributed by atoms with Gasteiger partial charge in [0, 0.05) is 0 Å². The first-order valence-electron chi connectivity index (χ1n) is 10.8. The summed E-state index contributed by atoms with van der Waals surface area (Å²) >= 11 is 0. The standard InChI is InChI=1S/C26H30N2O4S/c1-18(2)32-25-12-7-6-10-23(25)27-26(29)17-28(24-11-8-9-20(4)21(24)5)33(30,31)22-15-13-19(3)14-16-22/h6-16,18H,17H2,1-5H3,(H,27,29). The summed E-state index contributed by atoms with van der Waals surface area (Å²) in [4.78, 5) is 13.2. The first-order valence-corrected chi connectivity index (χ1v) is 12.2. The number of ether oxygens (including phenoxy) is 1. The van der Waals surface area contributed by atoms with Crippen molar-refractivity contribution in [2.24, 2.45) is 0 Å². The summed E-state index contributed by atoms with van der Waals surface area (Å²) < 4.78 is 34.2. The fourth-order valence-electron chi connectivity index (χ4n) is 3.39. The van der Waals surface area contributed by atoms with Gasteiger partial charge in [0.05, 0.1) is 22.4 Å². The molecule has 0 aliphatic rings. The van der Waals surface area contributed by atoms with Crippen LogP contribution in [0.4, 0.5) is 11.4 Å². The number of amides is 1. The molecule has 6 nitrogen and oxygen atoms in total. The van der Waals surface area contributed by atoms with Crippen molar-refractivity contribution in [1.82, 2.24) is 0 Å². The molecule has 0 radical (unpaired) electrons. The molecule has 0 spiro atoms. The van der Waals surface area contributed by atoms with Crippen LogP contribution in [0.15, 0.2) is 71.6 Å². The zero-order chi connectivity index (χ0) is 24.2. The normalized spacial score (nSPS) is 11.3. The van der Waals surface area contributed by atoms with Gasteiger partial charge in [-0.05, 0) is 76.1 Å². The maximum Gasteiger partial charge on any atom is 0.264 e. The summed E-state index contributed by atoms with van der Waals surface area (Å²) in [5.41, 5.74) is 3.64. The van der Waals surface area contributed by atoms with E-state index in [0.717, 1.165) is 16.7 Å². The number of rotatable bonds is 8. The smallest absolute Gasteiger partial charge is 0.264 e. The molecule has 0 aliphatic heterocycles. The van der Waals surface area contributed by atoms with Gasteiger partial charge >= 0.3 is 0 Å². The molecule has 0 heterocycles. The molecule has 1 amide bonds. The van der Waals surface area contributed by atoms with Crippen LogP contribution in [0.25, 0.3) is 0 Å². The van der Waals surface area contributed by atoms with E-state index < -0.39 is 15.9 Å². The minimum atomic E-state index is -3.99. The minimum absolute atomic E-state index is 0.0728. The van der Waals surface area contributed by atoms with Crippen molar-refractivity contribution < 1.29 is 17.9 Å². The second-order valence-corrected chi connectivity index (χ2v) is 10.1. The van der Waals surface area contributed by atoms with Crippen LogP contribution < -0.4 is 14.4 Å². The molecule has 0 unspecified atom stereocenters. The molecule has 0 atom stereocenters. The molecule has 174 valence electrons. The number of carbonyl (C=O) groups excluding carboxylic acids is 1. The van der Waals surface area contributed by atoms with Crippen LogP contribution in [-0.4, -0.2) is 27.0 Å². The number of sulfonamides is 1. The maximum absolute atomic E-state index is 13.6. The lowest BCUT2D eigenvalue weighted by atomic mass is 10.1. The Bertz CT molecular complexity index is 1240. The molecule has 3 rings (SSSR count). The molecule has 0 fully saturated rings. The van der Waals surface area contributed by atoms with Crippen LogP contribution in [-0.2, 0) is 14.8 Å². The highest BCUT2D eigenvalue weighted by molar-refractivity contribution is 7.92. The molecule has 3 aromatic rings. The van der Waals surface area contributed by atoms with Gasteiger partial charge in [-0.15, -0.1) is 0 Å². The van der Waals surface area contributed by atoms with E-state index in [9.17, 15) is 13.2 Å². The van der Waals surface area contributed by atoms with E-state index in [-0.39, 0.29) is 17.5 Å². The highest BCUT2D eigenvalue weighted by Crippen LogP contribution is 2.30. The first kappa shape index (κ1) is 24.3. The van der Waals surface area contributed by atoms with Gasteiger partial charge in [0.1, 0.15) is 12.3 Å². The molecule has 3 aromatic carbocycles. The van der Waals surface area contributed by atoms with E-state index in [0.29, 0.717) is 17.1 Å². The third-order valence-electron chi connectivity index (χ3n) is 5.26. The molecule has 0 saturated heterocycles. The molecule has 0 saturated carbocycles.